The van der Waals surface area contributed by atoms with Crippen LogP contribution in [0.15, 0.2) is 53.3 Å². The molecule has 4 rings (SSSR count). The van der Waals surface area contributed by atoms with Crippen LogP contribution in [0.5, 0.6) is 5.75 Å². The van der Waals surface area contributed by atoms with Gasteiger partial charge in [-0.2, -0.15) is 10.6 Å². The fourth-order valence-corrected chi connectivity index (χ4v) is 5.61. The number of pyridine rings is 1. The number of aromatic hydroxyl groups is 1. The Hall–Kier alpha value is -3.60. The second-order valence-electron chi connectivity index (χ2n) is 8.27. The molecule has 0 spiro atoms. The molecule has 9 nitrogen and oxygen atoms in total. The van der Waals surface area contributed by atoms with Crippen LogP contribution in [0.2, 0.25) is 0 Å². The lowest BCUT2D eigenvalue weighted by molar-refractivity contribution is -0.135. The Labute approximate surface area is 196 Å². The lowest BCUT2D eigenvalue weighted by Crippen LogP contribution is -2.37. The zero-order valence-electron chi connectivity index (χ0n) is 18.3. The maximum atomic E-state index is 13.2. The van der Waals surface area contributed by atoms with Crippen LogP contribution in [0, 0.1) is 6.92 Å². The van der Waals surface area contributed by atoms with Gasteiger partial charge in [-0.15, -0.1) is 0 Å². The number of rotatable bonds is 6. The summed E-state index contributed by atoms with van der Waals surface area (Å²) in [5.74, 6) is -3.51. The molecule has 0 unspecified atom stereocenters. The van der Waals surface area contributed by atoms with E-state index in [-0.39, 0.29) is 29.3 Å². The SMILES string of the molecule is Cc1ccc(-c2ccc(Cn3c4c(c(O)c(C(=O)NCC(=O)O)c3=O)CS(O)(O)C4)cc2)cc1. The molecule has 34 heavy (non-hydrogen) atoms. The summed E-state index contributed by atoms with van der Waals surface area (Å²) in [5, 5.41) is 21.5. The fourth-order valence-electron chi connectivity index (χ4n) is 3.97. The average Bonchev–Trinajstić information content (AvgIpc) is 3.12. The van der Waals surface area contributed by atoms with Crippen molar-refractivity contribution in [3.05, 3.63) is 86.8 Å². The smallest absolute Gasteiger partial charge is 0.322 e. The van der Waals surface area contributed by atoms with Crippen molar-refractivity contribution in [1.29, 1.82) is 0 Å². The van der Waals surface area contributed by atoms with E-state index >= 15 is 0 Å². The van der Waals surface area contributed by atoms with Gasteiger partial charge in [0.2, 0.25) is 0 Å². The lowest BCUT2D eigenvalue weighted by atomic mass is 10.0. The molecule has 5 N–H and O–H groups in total. The van der Waals surface area contributed by atoms with E-state index in [1.54, 1.807) is 0 Å². The summed E-state index contributed by atoms with van der Waals surface area (Å²) in [6.45, 7) is 1.31. The predicted molar refractivity (Wildman–Crippen MR) is 128 cm³/mol. The minimum absolute atomic E-state index is 0.0321. The van der Waals surface area contributed by atoms with Gasteiger partial charge < -0.3 is 20.1 Å². The van der Waals surface area contributed by atoms with Crippen LogP contribution in [-0.2, 0) is 22.8 Å². The Kier molecular flexibility index (Phi) is 6.22. The standard InChI is InChI=1S/C24H24N2O7S/c1-14-2-6-16(7-3-14)17-8-4-15(5-9-17)11-26-19-13-34(32,33)12-18(19)22(29)21(24(26)31)23(30)25-10-20(27)28/h2-9,29,32-33H,10-13H2,1H3,(H,25,30)(H,27,28). The minimum Gasteiger partial charge on any atom is -0.506 e. The number of hydrogen-bond donors (Lipinski definition) is 5. The quantitative estimate of drug-likeness (QED) is 0.361. The normalized spacial score (nSPS) is 14.9. The van der Waals surface area contributed by atoms with Gasteiger partial charge >= 0.3 is 5.97 Å². The number of carbonyl (C=O) groups excluding carboxylic acids is 1. The van der Waals surface area contributed by atoms with Crippen molar-refractivity contribution in [1.82, 2.24) is 9.88 Å². The molecule has 0 radical (unpaired) electrons. The van der Waals surface area contributed by atoms with Gasteiger partial charge in [-0.05, 0) is 23.6 Å². The third-order valence-corrected chi connectivity index (χ3v) is 7.19. The number of aromatic nitrogens is 1. The zero-order valence-corrected chi connectivity index (χ0v) is 19.1. The first-order valence-corrected chi connectivity index (χ1v) is 12.3. The molecule has 0 fully saturated rings. The number of nitrogens with one attached hydrogen (secondary N) is 1. The van der Waals surface area contributed by atoms with E-state index in [0.717, 1.165) is 22.3 Å². The fraction of sp³-hybridized carbons (Fsp3) is 0.208. The number of aliphatic carboxylic acids is 1. The van der Waals surface area contributed by atoms with Crippen LogP contribution < -0.4 is 10.9 Å². The molecule has 10 heteroatoms. The molecule has 0 atom stereocenters. The van der Waals surface area contributed by atoms with Gasteiger partial charge in [-0.25, -0.2) is 0 Å². The maximum Gasteiger partial charge on any atom is 0.322 e. The topological polar surface area (TPSA) is 149 Å². The number of nitrogens with zero attached hydrogens (tertiary/aromatic N) is 1. The Morgan fingerprint density at radius 3 is 2.18 bits per heavy atom. The number of carboxylic acids is 1. The van der Waals surface area contributed by atoms with Gasteiger partial charge in [-0.3, -0.25) is 23.5 Å². The molecule has 1 aliphatic heterocycles. The van der Waals surface area contributed by atoms with E-state index < -0.39 is 45.9 Å². The number of carboxylic acid groups (broad SMARTS) is 1. The predicted octanol–water partition coefficient (Wildman–Crippen LogP) is 3.16. The summed E-state index contributed by atoms with van der Waals surface area (Å²) < 4.78 is 21.7. The van der Waals surface area contributed by atoms with Crippen molar-refractivity contribution in [2.24, 2.45) is 0 Å². The summed E-state index contributed by atoms with van der Waals surface area (Å²) in [4.78, 5) is 36.5. The number of amides is 1. The highest BCUT2D eigenvalue weighted by Crippen LogP contribution is 2.54. The van der Waals surface area contributed by atoms with Crippen LogP contribution in [0.3, 0.4) is 0 Å². The van der Waals surface area contributed by atoms with Crippen molar-refractivity contribution < 1.29 is 28.9 Å². The van der Waals surface area contributed by atoms with Gasteiger partial charge in [-0.1, -0.05) is 54.1 Å². The third kappa shape index (κ3) is 4.69. The molecule has 2 aromatic carbocycles. The lowest BCUT2D eigenvalue weighted by Gasteiger charge is -2.25. The van der Waals surface area contributed by atoms with Crippen LogP contribution in [0.1, 0.15) is 32.7 Å². The first-order valence-electron chi connectivity index (χ1n) is 10.4. The van der Waals surface area contributed by atoms with Crippen molar-refractivity contribution in [3.8, 4) is 16.9 Å². The molecule has 1 aromatic heterocycles. The van der Waals surface area contributed by atoms with Crippen LogP contribution in [0.4, 0.5) is 0 Å². The van der Waals surface area contributed by atoms with E-state index in [2.05, 4.69) is 5.32 Å². The maximum absolute atomic E-state index is 13.2. The molecule has 0 saturated heterocycles. The van der Waals surface area contributed by atoms with Crippen LogP contribution in [0.25, 0.3) is 11.1 Å². The van der Waals surface area contributed by atoms with E-state index in [4.69, 9.17) is 5.11 Å². The van der Waals surface area contributed by atoms with Gasteiger partial charge in [0.15, 0.2) is 0 Å². The van der Waals surface area contributed by atoms with E-state index in [1.807, 2.05) is 55.5 Å². The first-order chi connectivity index (χ1) is 16.1. The van der Waals surface area contributed by atoms with Crippen molar-refractivity contribution >= 4 is 22.5 Å². The molecule has 0 bridgehead atoms. The monoisotopic (exact) mass is 484 g/mol. The molecule has 3 aromatic rings. The van der Waals surface area contributed by atoms with E-state index in [9.17, 15) is 28.6 Å². The van der Waals surface area contributed by atoms with E-state index in [0.29, 0.717) is 0 Å². The highest BCUT2D eigenvalue weighted by molar-refractivity contribution is 8.23. The number of hydrogen-bond acceptors (Lipinski definition) is 6. The molecular formula is C24H24N2O7S. The minimum atomic E-state index is -3.12. The molecule has 0 saturated carbocycles. The molecular weight excluding hydrogens is 460 g/mol. The van der Waals surface area contributed by atoms with Gasteiger partial charge in [0.25, 0.3) is 11.5 Å². The Morgan fingerprint density at radius 1 is 1.00 bits per heavy atom. The molecule has 0 aliphatic carbocycles. The van der Waals surface area contributed by atoms with Crippen molar-refractivity contribution in [2.75, 3.05) is 6.54 Å². The summed E-state index contributed by atoms with van der Waals surface area (Å²) in [6, 6.07) is 15.5. The molecule has 1 aliphatic rings. The third-order valence-electron chi connectivity index (χ3n) is 5.71. The Balaban J connectivity index is 1.72. The van der Waals surface area contributed by atoms with Gasteiger partial charge in [0, 0.05) is 11.3 Å². The number of benzene rings is 2. The van der Waals surface area contributed by atoms with E-state index in [1.165, 1.54) is 4.57 Å². The highest BCUT2D eigenvalue weighted by atomic mass is 32.3. The van der Waals surface area contributed by atoms with Gasteiger partial charge in [0.1, 0.15) is 17.9 Å². The Morgan fingerprint density at radius 2 is 1.59 bits per heavy atom. The summed E-state index contributed by atoms with van der Waals surface area (Å²) >= 11 is 0. The first kappa shape index (κ1) is 23.6. The Bertz CT molecular complexity index is 1330. The van der Waals surface area contributed by atoms with Crippen LogP contribution >= 0.6 is 10.6 Å². The number of carbonyl (C=O) groups is 2. The number of fused-ring (bicyclic) bond motifs is 1. The number of aryl methyl sites for hydroxylation is 1. The summed E-state index contributed by atoms with van der Waals surface area (Å²) in [5.41, 5.74) is 2.80. The largest absolute Gasteiger partial charge is 0.506 e. The second kappa shape index (κ2) is 8.98. The molecule has 2 heterocycles. The van der Waals surface area contributed by atoms with Crippen molar-refractivity contribution in [3.63, 3.8) is 0 Å². The summed E-state index contributed by atoms with van der Waals surface area (Å²) in [7, 11) is -3.12. The molecule has 1 amide bonds. The zero-order chi connectivity index (χ0) is 24.6. The summed E-state index contributed by atoms with van der Waals surface area (Å²) in [6.07, 6.45) is 0. The van der Waals surface area contributed by atoms with Crippen molar-refractivity contribution in [2.45, 2.75) is 25.0 Å². The highest BCUT2D eigenvalue weighted by Gasteiger charge is 2.35. The van der Waals surface area contributed by atoms with Gasteiger partial charge in [0.05, 0.1) is 18.1 Å². The van der Waals surface area contributed by atoms with Crippen LogP contribution in [-0.4, -0.2) is 42.3 Å². The average molecular weight is 485 g/mol. The second-order valence-corrected chi connectivity index (χ2v) is 10.5. The molecule has 178 valence electrons.